The Balaban J connectivity index is 2.38. The molecule has 14 heavy (non-hydrogen) atoms. The summed E-state index contributed by atoms with van der Waals surface area (Å²) in [5.41, 5.74) is 5.32. The molecule has 1 rings (SSSR count). The molecule has 1 heterocycles. The standard InChI is InChI=1S/C10H20N2O2/c1-7-5-9(6-8(2)14-7)10(13)12-4-3-11/h7-9H,3-6,11H2,1-2H3,(H,12,13). The van der Waals surface area contributed by atoms with Crippen LogP contribution in [0, 0.1) is 5.92 Å². The van der Waals surface area contributed by atoms with Gasteiger partial charge in [-0.15, -0.1) is 0 Å². The Morgan fingerprint density at radius 1 is 1.43 bits per heavy atom. The summed E-state index contributed by atoms with van der Waals surface area (Å²) in [4.78, 5) is 11.6. The number of hydrogen-bond donors (Lipinski definition) is 2. The zero-order chi connectivity index (χ0) is 10.6. The van der Waals surface area contributed by atoms with Crippen LogP contribution in [0.1, 0.15) is 26.7 Å². The van der Waals surface area contributed by atoms with E-state index in [1.807, 2.05) is 13.8 Å². The van der Waals surface area contributed by atoms with Crippen molar-refractivity contribution in [3.05, 3.63) is 0 Å². The van der Waals surface area contributed by atoms with E-state index in [0.717, 1.165) is 12.8 Å². The fourth-order valence-corrected chi connectivity index (χ4v) is 1.96. The highest BCUT2D eigenvalue weighted by Crippen LogP contribution is 2.24. The zero-order valence-corrected chi connectivity index (χ0v) is 8.95. The third kappa shape index (κ3) is 3.27. The first kappa shape index (κ1) is 11.5. The molecule has 3 N–H and O–H groups in total. The minimum atomic E-state index is 0.0975. The van der Waals surface area contributed by atoms with Crippen molar-refractivity contribution in [2.24, 2.45) is 11.7 Å². The molecule has 1 saturated heterocycles. The molecule has 1 aliphatic rings. The van der Waals surface area contributed by atoms with Crippen molar-refractivity contribution in [3.63, 3.8) is 0 Å². The quantitative estimate of drug-likeness (QED) is 0.687. The highest BCUT2D eigenvalue weighted by Gasteiger charge is 2.28. The van der Waals surface area contributed by atoms with Gasteiger partial charge in [-0.1, -0.05) is 0 Å². The van der Waals surface area contributed by atoms with Gasteiger partial charge in [0.1, 0.15) is 0 Å². The van der Waals surface area contributed by atoms with Gasteiger partial charge in [0.2, 0.25) is 5.91 Å². The van der Waals surface area contributed by atoms with Gasteiger partial charge >= 0.3 is 0 Å². The molecule has 0 spiro atoms. The van der Waals surface area contributed by atoms with Gasteiger partial charge in [0.05, 0.1) is 12.2 Å². The third-order valence-electron chi connectivity index (χ3n) is 2.51. The second-order valence-electron chi connectivity index (χ2n) is 4.01. The predicted octanol–water partition coefficient (Wildman–Crippen LogP) is 0.265. The minimum absolute atomic E-state index is 0.0975. The van der Waals surface area contributed by atoms with Crippen LogP contribution in [0.5, 0.6) is 0 Å². The monoisotopic (exact) mass is 200 g/mol. The number of hydrogen-bond acceptors (Lipinski definition) is 3. The summed E-state index contributed by atoms with van der Waals surface area (Å²) in [6, 6.07) is 0. The molecule has 2 unspecified atom stereocenters. The third-order valence-corrected chi connectivity index (χ3v) is 2.51. The normalized spacial score (nSPS) is 32.6. The topological polar surface area (TPSA) is 64.4 Å². The van der Waals surface area contributed by atoms with Crippen molar-refractivity contribution in [2.45, 2.75) is 38.9 Å². The molecule has 0 aromatic rings. The zero-order valence-electron chi connectivity index (χ0n) is 8.95. The van der Waals surface area contributed by atoms with E-state index in [4.69, 9.17) is 10.5 Å². The van der Waals surface area contributed by atoms with Crippen LogP contribution in [-0.4, -0.2) is 31.2 Å². The fraction of sp³-hybridized carbons (Fsp3) is 0.900. The maximum absolute atomic E-state index is 11.6. The van der Waals surface area contributed by atoms with Crippen molar-refractivity contribution >= 4 is 5.91 Å². The Bertz CT molecular complexity index is 187. The molecule has 0 aliphatic carbocycles. The van der Waals surface area contributed by atoms with E-state index in [1.54, 1.807) is 0 Å². The van der Waals surface area contributed by atoms with Crippen LogP contribution in [-0.2, 0) is 9.53 Å². The van der Waals surface area contributed by atoms with Crippen LogP contribution < -0.4 is 11.1 Å². The summed E-state index contributed by atoms with van der Waals surface area (Å²) in [5, 5.41) is 2.82. The Kier molecular flexibility index (Phi) is 4.35. The van der Waals surface area contributed by atoms with Crippen LogP contribution in [0.15, 0.2) is 0 Å². The first-order valence-electron chi connectivity index (χ1n) is 5.26. The first-order chi connectivity index (χ1) is 6.63. The highest BCUT2D eigenvalue weighted by atomic mass is 16.5. The lowest BCUT2D eigenvalue weighted by Crippen LogP contribution is -2.40. The lowest BCUT2D eigenvalue weighted by atomic mass is 9.92. The molecule has 0 saturated carbocycles. The van der Waals surface area contributed by atoms with Crippen molar-refractivity contribution in [3.8, 4) is 0 Å². The van der Waals surface area contributed by atoms with Gasteiger partial charge in [-0.05, 0) is 26.7 Å². The molecule has 4 nitrogen and oxygen atoms in total. The lowest BCUT2D eigenvalue weighted by Gasteiger charge is -2.31. The van der Waals surface area contributed by atoms with Crippen LogP contribution in [0.3, 0.4) is 0 Å². The Hall–Kier alpha value is -0.610. The van der Waals surface area contributed by atoms with E-state index >= 15 is 0 Å². The van der Waals surface area contributed by atoms with E-state index in [9.17, 15) is 4.79 Å². The number of ether oxygens (including phenoxy) is 1. The summed E-state index contributed by atoms with van der Waals surface area (Å²) < 4.78 is 5.57. The largest absolute Gasteiger partial charge is 0.376 e. The van der Waals surface area contributed by atoms with Crippen molar-refractivity contribution < 1.29 is 9.53 Å². The average Bonchev–Trinajstić information content (AvgIpc) is 2.12. The minimum Gasteiger partial charge on any atom is -0.376 e. The van der Waals surface area contributed by atoms with Crippen molar-refractivity contribution in [2.75, 3.05) is 13.1 Å². The van der Waals surface area contributed by atoms with Gasteiger partial charge in [0.25, 0.3) is 0 Å². The maximum atomic E-state index is 11.6. The molecule has 2 atom stereocenters. The average molecular weight is 200 g/mol. The maximum Gasteiger partial charge on any atom is 0.223 e. The Morgan fingerprint density at radius 3 is 2.50 bits per heavy atom. The van der Waals surface area contributed by atoms with Gasteiger partial charge in [0.15, 0.2) is 0 Å². The van der Waals surface area contributed by atoms with E-state index < -0.39 is 0 Å². The summed E-state index contributed by atoms with van der Waals surface area (Å²) in [5.74, 6) is 0.220. The number of carbonyl (C=O) groups excluding carboxylic acids is 1. The van der Waals surface area contributed by atoms with E-state index in [2.05, 4.69) is 5.32 Å². The molecule has 0 aromatic carbocycles. The first-order valence-corrected chi connectivity index (χ1v) is 5.26. The van der Waals surface area contributed by atoms with Gasteiger partial charge in [-0.25, -0.2) is 0 Å². The van der Waals surface area contributed by atoms with Gasteiger partial charge in [-0.3, -0.25) is 4.79 Å². The summed E-state index contributed by atoms with van der Waals surface area (Å²) in [6.45, 7) is 5.09. The molecule has 0 aromatic heterocycles. The Labute approximate surface area is 85.2 Å². The Morgan fingerprint density at radius 2 is 2.00 bits per heavy atom. The molecule has 1 fully saturated rings. The van der Waals surface area contributed by atoms with Crippen LogP contribution in [0.25, 0.3) is 0 Å². The molecule has 0 radical (unpaired) electrons. The van der Waals surface area contributed by atoms with Gasteiger partial charge in [0, 0.05) is 19.0 Å². The van der Waals surface area contributed by atoms with E-state index in [1.165, 1.54) is 0 Å². The summed E-state index contributed by atoms with van der Waals surface area (Å²) >= 11 is 0. The van der Waals surface area contributed by atoms with E-state index in [-0.39, 0.29) is 24.0 Å². The van der Waals surface area contributed by atoms with Crippen molar-refractivity contribution in [1.82, 2.24) is 5.32 Å². The molecular weight excluding hydrogens is 180 g/mol. The number of nitrogens with one attached hydrogen (secondary N) is 1. The van der Waals surface area contributed by atoms with Gasteiger partial charge < -0.3 is 15.8 Å². The SMILES string of the molecule is CC1CC(C(=O)NCCN)CC(C)O1. The number of amides is 1. The smallest absolute Gasteiger partial charge is 0.223 e. The predicted molar refractivity (Wildman–Crippen MR) is 54.8 cm³/mol. The number of carbonyl (C=O) groups is 1. The molecule has 82 valence electrons. The molecule has 1 amide bonds. The number of rotatable bonds is 3. The van der Waals surface area contributed by atoms with Crippen LogP contribution in [0.4, 0.5) is 0 Å². The highest BCUT2D eigenvalue weighted by molar-refractivity contribution is 5.78. The van der Waals surface area contributed by atoms with Crippen LogP contribution >= 0.6 is 0 Å². The van der Waals surface area contributed by atoms with E-state index in [0.29, 0.717) is 13.1 Å². The lowest BCUT2D eigenvalue weighted by molar-refractivity contribution is -0.133. The second-order valence-corrected chi connectivity index (χ2v) is 4.01. The van der Waals surface area contributed by atoms with Crippen LogP contribution in [0.2, 0.25) is 0 Å². The molecular formula is C10H20N2O2. The van der Waals surface area contributed by atoms with Crippen molar-refractivity contribution in [1.29, 1.82) is 0 Å². The molecule has 1 aliphatic heterocycles. The fourth-order valence-electron chi connectivity index (χ4n) is 1.96. The van der Waals surface area contributed by atoms with Gasteiger partial charge in [-0.2, -0.15) is 0 Å². The summed E-state index contributed by atoms with van der Waals surface area (Å²) in [6.07, 6.45) is 2.02. The number of nitrogens with two attached hydrogens (primary N) is 1. The second kappa shape index (κ2) is 5.32. The summed E-state index contributed by atoms with van der Waals surface area (Å²) in [7, 11) is 0. The molecule has 0 bridgehead atoms. The molecule has 4 heteroatoms.